The van der Waals surface area contributed by atoms with Crippen LogP contribution in [0.25, 0.3) is 39.5 Å². The highest BCUT2D eigenvalue weighted by Crippen LogP contribution is 2.29. The molecule has 0 atom stereocenters. The molecule has 7 heteroatoms. The Hall–Kier alpha value is -4.96. The molecule has 0 aliphatic heterocycles. The molecule has 0 amide bonds. The van der Waals surface area contributed by atoms with Crippen molar-refractivity contribution in [2.75, 3.05) is 0 Å². The highest BCUT2D eigenvalue weighted by Gasteiger charge is 2.15. The highest BCUT2D eigenvalue weighted by atomic mass is 16.5. The molecule has 0 fully saturated rings. The number of nitrogens with zero attached hydrogens (tertiary/aromatic N) is 4. The monoisotopic (exact) mass is 473 g/mol. The van der Waals surface area contributed by atoms with Crippen LogP contribution in [0.2, 0.25) is 0 Å². The molecule has 0 radical (unpaired) electrons. The number of para-hydroxylation sites is 2. The van der Waals surface area contributed by atoms with E-state index in [1.165, 1.54) is 0 Å². The van der Waals surface area contributed by atoms with Crippen molar-refractivity contribution in [2.24, 2.45) is 0 Å². The van der Waals surface area contributed by atoms with Crippen molar-refractivity contribution in [3.8, 4) is 28.8 Å². The third-order valence-electron chi connectivity index (χ3n) is 5.55. The lowest BCUT2D eigenvalue weighted by atomic mass is 10.1. The molecule has 0 unspecified atom stereocenters. The van der Waals surface area contributed by atoms with Gasteiger partial charge in [-0.05, 0) is 68.5 Å². The van der Waals surface area contributed by atoms with Crippen molar-refractivity contribution in [1.82, 2.24) is 19.7 Å². The Morgan fingerprint density at radius 1 is 1.03 bits per heavy atom. The molecular weight excluding hydrogens is 450 g/mol. The number of allylic oxidation sites excluding steroid dienone is 1. The van der Waals surface area contributed by atoms with E-state index in [2.05, 4.69) is 16.0 Å². The topological polar surface area (TPSA) is 96.6 Å². The van der Waals surface area contributed by atoms with Gasteiger partial charge in [0, 0.05) is 17.3 Å². The van der Waals surface area contributed by atoms with E-state index >= 15 is 0 Å². The number of ether oxygens (including phenoxy) is 1. The zero-order valence-electron chi connectivity index (χ0n) is 19.8. The zero-order chi connectivity index (χ0) is 25.1. The minimum atomic E-state index is -0.294. The summed E-state index contributed by atoms with van der Waals surface area (Å²) < 4.78 is 7.54. The molecule has 0 bridgehead atoms. The van der Waals surface area contributed by atoms with Crippen molar-refractivity contribution >= 4 is 22.6 Å². The van der Waals surface area contributed by atoms with Crippen LogP contribution in [0, 0.1) is 11.3 Å². The van der Waals surface area contributed by atoms with Gasteiger partial charge in [-0.3, -0.25) is 4.79 Å². The number of aromatic nitrogens is 4. The first kappa shape index (κ1) is 22.8. The minimum Gasteiger partial charge on any atom is -0.491 e. The first-order chi connectivity index (χ1) is 17.5. The van der Waals surface area contributed by atoms with Crippen LogP contribution >= 0.6 is 0 Å². The molecule has 0 saturated carbocycles. The van der Waals surface area contributed by atoms with Gasteiger partial charge in [-0.1, -0.05) is 30.3 Å². The molecule has 176 valence electrons. The minimum absolute atomic E-state index is 0.0708. The zero-order valence-corrected chi connectivity index (χ0v) is 19.8. The standard InChI is InChI=1S/C29H23N5O2/c1-19(2)36-24-14-12-20(13-15-24)27-22(18-34(33-27)23-8-4-3-5-9-23)16-21(17-30)28-31-26-11-7-6-10-25(26)29(35)32-28/h3-16,18-19H,1-2H3,(H,31,32,35). The summed E-state index contributed by atoms with van der Waals surface area (Å²) >= 11 is 0. The van der Waals surface area contributed by atoms with E-state index in [1.54, 1.807) is 29.0 Å². The number of hydrogen-bond acceptors (Lipinski definition) is 5. The second kappa shape index (κ2) is 9.72. The van der Waals surface area contributed by atoms with Crippen molar-refractivity contribution < 1.29 is 4.74 Å². The van der Waals surface area contributed by atoms with Crippen molar-refractivity contribution in [2.45, 2.75) is 20.0 Å². The normalized spacial score (nSPS) is 11.6. The van der Waals surface area contributed by atoms with Crippen LogP contribution in [0.3, 0.4) is 0 Å². The molecule has 2 heterocycles. The van der Waals surface area contributed by atoms with Gasteiger partial charge in [0.15, 0.2) is 5.82 Å². The summed E-state index contributed by atoms with van der Waals surface area (Å²) in [4.78, 5) is 19.9. The Bertz CT molecular complexity index is 1660. The number of fused-ring (bicyclic) bond motifs is 1. The first-order valence-electron chi connectivity index (χ1n) is 11.6. The van der Waals surface area contributed by atoms with Crippen LogP contribution in [-0.4, -0.2) is 25.9 Å². The fraction of sp³-hybridized carbons (Fsp3) is 0.103. The third kappa shape index (κ3) is 4.65. The van der Waals surface area contributed by atoms with E-state index in [4.69, 9.17) is 9.84 Å². The maximum absolute atomic E-state index is 12.6. The lowest BCUT2D eigenvalue weighted by Gasteiger charge is -2.09. The summed E-state index contributed by atoms with van der Waals surface area (Å²) in [7, 11) is 0. The van der Waals surface area contributed by atoms with E-state index < -0.39 is 0 Å². The van der Waals surface area contributed by atoms with Gasteiger partial charge in [-0.2, -0.15) is 10.4 Å². The fourth-order valence-electron chi connectivity index (χ4n) is 3.92. The number of benzene rings is 3. The second-order valence-corrected chi connectivity index (χ2v) is 8.51. The SMILES string of the molecule is CC(C)Oc1ccc(-c2nn(-c3ccccc3)cc2C=C(C#N)c2nc3ccccc3c(=O)[nH]2)cc1. The number of H-pyrrole nitrogens is 1. The molecule has 7 nitrogen and oxygen atoms in total. The molecule has 3 aromatic carbocycles. The van der Waals surface area contributed by atoms with Crippen LogP contribution in [0.4, 0.5) is 0 Å². The molecule has 36 heavy (non-hydrogen) atoms. The molecule has 0 saturated heterocycles. The molecule has 0 aliphatic carbocycles. The van der Waals surface area contributed by atoms with E-state index in [0.29, 0.717) is 22.2 Å². The van der Waals surface area contributed by atoms with E-state index in [9.17, 15) is 10.1 Å². The Labute approximate surface area is 207 Å². The lowest BCUT2D eigenvalue weighted by molar-refractivity contribution is 0.242. The van der Waals surface area contributed by atoms with Gasteiger partial charge >= 0.3 is 0 Å². The average molecular weight is 474 g/mol. The summed E-state index contributed by atoms with van der Waals surface area (Å²) in [6.07, 6.45) is 3.63. The van der Waals surface area contributed by atoms with Gasteiger partial charge < -0.3 is 9.72 Å². The molecular formula is C29H23N5O2. The van der Waals surface area contributed by atoms with Crippen LogP contribution < -0.4 is 10.3 Å². The maximum atomic E-state index is 12.6. The second-order valence-electron chi connectivity index (χ2n) is 8.51. The predicted octanol–water partition coefficient (Wildman–Crippen LogP) is 5.63. The third-order valence-corrected chi connectivity index (χ3v) is 5.55. The molecule has 1 N–H and O–H groups in total. The molecule has 5 aromatic rings. The smallest absolute Gasteiger partial charge is 0.259 e. The predicted molar refractivity (Wildman–Crippen MR) is 141 cm³/mol. The van der Waals surface area contributed by atoms with E-state index in [-0.39, 0.29) is 23.1 Å². The summed E-state index contributed by atoms with van der Waals surface area (Å²) in [6.45, 7) is 3.96. The summed E-state index contributed by atoms with van der Waals surface area (Å²) in [5.74, 6) is 0.976. The van der Waals surface area contributed by atoms with Gasteiger partial charge in [0.25, 0.3) is 5.56 Å². The number of rotatable bonds is 6. The van der Waals surface area contributed by atoms with Crippen molar-refractivity contribution in [3.05, 3.63) is 107 Å². The number of nitriles is 1. The Kier molecular flexibility index (Phi) is 6.16. The van der Waals surface area contributed by atoms with Crippen molar-refractivity contribution in [3.63, 3.8) is 0 Å². The number of hydrogen-bond donors (Lipinski definition) is 1. The largest absolute Gasteiger partial charge is 0.491 e. The lowest BCUT2D eigenvalue weighted by Crippen LogP contribution is -2.11. The first-order valence-corrected chi connectivity index (χ1v) is 11.6. The average Bonchev–Trinajstić information content (AvgIpc) is 3.32. The maximum Gasteiger partial charge on any atom is 0.259 e. The Morgan fingerprint density at radius 3 is 2.47 bits per heavy atom. The van der Waals surface area contributed by atoms with Gasteiger partial charge in [0.2, 0.25) is 0 Å². The Morgan fingerprint density at radius 2 is 1.75 bits per heavy atom. The summed E-state index contributed by atoms with van der Waals surface area (Å²) in [5.41, 5.74) is 3.61. The summed E-state index contributed by atoms with van der Waals surface area (Å²) in [5, 5.41) is 15.3. The van der Waals surface area contributed by atoms with Gasteiger partial charge in [-0.15, -0.1) is 0 Å². The van der Waals surface area contributed by atoms with Gasteiger partial charge in [-0.25, -0.2) is 9.67 Å². The molecule has 0 spiro atoms. The van der Waals surface area contributed by atoms with Crippen LogP contribution in [-0.2, 0) is 0 Å². The molecule has 0 aliphatic rings. The quantitative estimate of drug-likeness (QED) is 0.323. The van der Waals surface area contributed by atoms with E-state index in [0.717, 1.165) is 17.0 Å². The van der Waals surface area contributed by atoms with Crippen molar-refractivity contribution in [1.29, 1.82) is 5.26 Å². The number of nitrogens with one attached hydrogen (secondary N) is 1. The van der Waals surface area contributed by atoms with Gasteiger partial charge in [0.1, 0.15) is 11.8 Å². The molecule has 5 rings (SSSR count). The Balaban J connectivity index is 1.64. The highest BCUT2D eigenvalue weighted by molar-refractivity contribution is 5.91. The van der Waals surface area contributed by atoms with Gasteiger partial charge in [0.05, 0.1) is 34.0 Å². The van der Waals surface area contributed by atoms with Crippen LogP contribution in [0.1, 0.15) is 25.2 Å². The molecule has 2 aromatic heterocycles. The summed E-state index contributed by atoms with van der Waals surface area (Å²) in [6, 6.07) is 26.6. The van der Waals surface area contributed by atoms with Crippen LogP contribution in [0.15, 0.2) is 89.9 Å². The van der Waals surface area contributed by atoms with E-state index in [1.807, 2.05) is 80.7 Å². The fourth-order valence-corrected chi connectivity index (χ4v) is 3.92. The van der Waals surface area contributed by atoms with Crippen LogP contribution in [0.5, 0.6) is 5.75 Å². The number of aromatic amines is 1.